The van der Waals surface area contributed by atoms with Crippen LogP contribution in [-0.2, 0) is 24.3 Å². The lowest BCUT2D eigenvalue weighted by Gasteiger charge is -2.14. The summed E-state index contributed by atoms with van der Waals surface area (Å²) in [4.78, 5) is 23.7. The van der Waals surface area contributed by atoms with Crippen LogP contribution < -0.4 is 10.0 Å². The molecule has 0 aliphatic rings. The van der Waals surface area contributed by atoms with Crippen molar-refractivity contribution in [2.45, 2.75) is 24.8 Å². The number of hydrogen-bond donors (Lipinski definition) is 2. The summed E-state index contributed by atoms with van der Waals surface area (Å²) in [6.45, 7) is 3.81. The highest BCUT2D eigenvalue weighted by atomic mass is 35.5. The van der Waals surface area contributed by atoms with Crippen molar-refractivity contribution in [3.05, 3.63) is 28.8 Å². The van der Waals surface area contributed by atoms with Gasteiger partial charge in [0.2, 0.25) is 10.0 Å². The molecule has 0 unspecified atom stereocenters. The second kappa shape index (κ2) is 9.71. The molecule has 1 amide bonds. The molecule has 140 valence electrons. The van der Waals surface area contributed by atoms with Gasteiger partial charge in [-0.1, -0.05) is 11.6 Å². The number of benzene rings is 1. The van der Waals surface area contributed by atoms with Crippen LogP contribution in [-0.4, -0.2) is 53.2 Å². The van der Waals surface area contributed by atoms with Crippen molar-refractivity contribution in [3.63, 3.8) is 0 Å². The number of carbonyl (C=O) groups is 2. The lowest BCUT2D eigenvalue weighted by molar-refractivity contribution is -0.128. The molecule has 1 aromatic carbocycles. The predicted molar refractivity (Wildman–Crippen MR) is 92.1 cm³/mol. The van der Waals surface area contributed by atoms with Gasteiger partial charge in [-0.15, -0.1) is 0 Å². The molecule has 2 N–H and O–H groups in total. The molecule has 0 aromatic heterocycles. The van der Waals surface area contributed by atoms with Gasteiger partial charge in [-0.25, -0.2) is 17.9 Å². The molecule has 0 spiro atoms. The average Bonchev–Trinajstić information content (AvgIpc) is 2.55. The average molecular weight is 393 g/mol. The second-order valence-electron chi connectivity index (χ2n) is 4.97. The van der Waals surface area contributed by atoms with E-state index in [1.807, 2.05) is 0 Å². The summed E-state index contributed by atoms with van der Waals surface area (Å²) in [5.74, 6) is -1.35. The number of sulfonamides is 1. The number of nitrogens with one attached hydrogen (secondary N) is 2. The standard InChI is InChI=1S/C15H21ClN2O6S/c1-4-17-14(19)10(2)24-15(20)12-9-11(5-6-13(12)16)25(21,22)18-7-8-23-3/h5-6,9-10,18H,4,7-8H2,1-3H3,(H,17,19)/t10-/m0/s1. The van der Waals surface area contributed by atoms with Gasteiger partial charge in [0.15, 0.2) is 6.10 Å². The van der Waals surface area contributed by atoms with Gasteiger partial charge in [0.25, 0.3) is 5.91 Å². The maximum atomic E-state index is 12.2. The monoisotopic (exact) mass is 392 g/mol. The van der Waals surface area contributed by atoms with E-state index in [4.69, 9.17) is 21.1 Å². The largest absolute Gasteiger partial charge is 0.449 e. The molecule has 8 nitrogen and oxygen atoms in total. The molecule has 10 heteroatoms. The van der Waals surface area contributed by atoms with Crippen LogP contribution in [0.25, 0.3) is 0 Å². The zero-order valence-corrected chi connectivity index (χ0v) is 15.7. The van der Waals surface area contributed by atoms with Gasteiger partial charge in [0.1, 0.15) is 0 Å². The van der Waals surface area contributed by atoms with E-state index in [0.717, 1.165) is 6.07 Å². The number of ether oxygens (including phenoxy) is 2. The van der Waals surface area contributed by atoms with Gasteiger partial charge < -0.3 is 14.8 Å². The first kappa shape index (κ1) is 21.4. The third kappa shape index (κ3) is 6.28. The summed E-state index contributed by atoms with van der Waals surface area (Å²) in [5.41, 5.74) is -0.146. The Bertz CT molecular complexity index is 723. The van der Waals surface area contributed by atoms with Crippen LogP contribution in [0.1, 0.15) is 24.2 Å². The Labute approximate surface area is 151 Å². The van der Waals surface area contributed by atoms with Crippen molar-refractivity contribution in [1.82, 2.24) is 10.0 Å². The normalized spacial score (nSPS) is 12.5. The van der Waals surface area contributed by atoms with E-state index < -0.39 is 28.0 Å². The first-order valence-electron chi connectivity index (χ1n) is 7.49. The minimum Gasteiger partial charge on any atom is -0.449 e. The zero-order chi connectivity index (χ0) is 19.0. The van der Waals surface area contributed by atoms with Crippen LogP contribution in [0.2, 0.25) is 5.02 Å². The molecular formula is C15H21ClN2O6S. The quantitative estimate of drug-likeness (QED) is 0.478. The van der Waals surface area contributed by atoms with Gasteiger partial charge in [-0.2, -0.15) is 0 Å². The summed E-state index contributed by atoms with van der Waals surface area (Å²) >= 11 is 5.96. The van der Waals surface area contributed by atoms with Crippen molar-refractivity contribution >= 4 is 33.5 Å². The molecule has 0 fully saturated rings. The summed E-state index contributed by atoms with van der Waals surface area (Å²) in [7, 11) is -2.39. The molecule has 1 aromatic rings. The van der Waals surface area contributed by atoms with E-state index in [0.29, 0.717) is 6.54 Å². The summed E-state index contributed by atoms with van der Waals surface area (Å²) < 4.78 is 36.5. The van der Waals surface area contributed by atoms with E-state index >= 15 is 0 Å². The molecule has 0 aliphatic carbocycles. The number of esters is 1. The van der Waals surface area contributed by atoms with Gasteiger partial charge >= 0.3 is 5.97 Å². The minimum absolute atomic E-state index is 0.0175. The Morgan fingerprint density at radius 2 is 2.00 bits per heavy atom. The van der Waals surface area contributed by atoms with E-state index in [2.05, 4.69) is 10.0 Å². The predicted octanol–water partition coefficient (Wildman–Crippen LogP) is 0.946. The van der Waals surface area contributed by atoms with Crippen LogP contribution >= 0.6 is 11.6 Å². The van der Waals surface area contributed by atoms with Crippen molar-refractivity contribution in [3.8, 4) is 0 Å². The fraction of sp³-hybridized carbons (Fsp3) is 0.467. The first-order chi connectivity index (χ1) is 11.7. The summed E-state index contributed by atoms with van der Waals surface area (Å²) in [5, 5.41) is 2.53. The summed E-state index contributed by atoms with van der Waals surface area (Å²) in [6, 6.07) is 3.64. The third-order valence-electron chi connectivity index (χ3n) is 3.07. The van der Waals surface area contributed by atoms with E-state index in [-0.39, 0.29) is 28.6 Å². The van der Waals surface area contributed by atoms with E-state index in [1.54, 1.807) is 6.92 Å². The Hall–Kier alpha value is -1.68. The molecule has 1 rings (SSSR count). The number of hydrogen-bond acceptors (Lipinski definition) is 6. The number of halogens is 1. The highest BCUT2D eigenvalue weighted by molar-refractivity contribution is 7.89. The molecule has 0 saturated heterocycles. The molecule has 0 heterocycles. The lowest BCUT2D eigenvalue weighted by Crippen LogP contribution is -2.35. The van der Waals surface area contributed by atoms with Crippen LogP contribution in [0.4, 0.5) is 0 Å². The van der Waals surface area contributed by atoms with Crippen molar-refractivity contribution < 1.29 is 27.5 Å². The molecule has 0 aliphatic heterocycles. The number of carbonyl (C=O) groups excluding carboxylic acids is 2. The van der Waals surface area contributed by atoms with Gasteiger partial charge in [-0.3, -0.25) is 4.79 Å². The molecular weight excluding hydrogens is 372 g/mol. The Kier molecular flexibility index (Phi) is 8.30. The van der Waals surface area contributed by atoms with Gasteiger partial charge in [-0.05, 0) is 32.0 Å². The topological polar surface area (TPSA) is 111 Å². The van der Waals surface area contributed by atoms with Crippen LogP contribution in [0.5, 0.6) is 0 Å². The molecule has 0 saturated carbocycles. The lowest BCUT2D eigenvalue weighted by atomic mass is 10.2. The van der Waals surface area contributed by atoms with Crippen LogP contribution in [0, 0.1) is 0 Å². The Balaban J connectivity index is 2.97. The van der Waals surface area contributed by atoms with Crippen LogP contribution in [0.3, 0.4) is 0 Å². The van der Waals surface area contributed by atoms with Crippen molar-refractivity contribution in [2.24, 2.45) is 0 Å². The van der Waals surface area contributed by atoms with Crippen LogP contribution in [0.15, 0.2) is 23.1 Å². The van der Waals surface area contributed by atoms with Gasteiger partial charge in [0.05, 0.1) is 22.1 Å². The first-order valence-corrected chi connectivity index (χ1v) is 9.35. The molecule has 25 heavy (non-hydrogen) atoms. The minimum atomic E-state index is -3.83. The fourth-order valence-corrected chi connectivity index (χ4v) is 3.02. The van der Waals surface area contributed by atoms with Gasteiger partial charge in [0, 0.05) is 20.2 Å². The molecule has 1 atom stereocenters. The highest BCUT2D eigenvalue weighted by Crippen LogP contribution is 2.22. The Morgan fingerprint density at radius 1 is 1.32 bits per heavy atom. The fourth-order valence-electron chi connectivity index (χ4n) is 1.78. The third-order valence-corrected chi connectivity index (χ3v) is 4.86. The maximum Gasteiger partial charge on any atom is 0.340 e. The van der Waals surface area contributed by atoms with E-state index in [9.17, 15) is 18.0 Å². The zero-order valence-electron chi connectivity index (χ0n) is 14.2. The SMILES string of the molecule is CCNC(=O)[C@H](C)OC(=O)c1cc(S(=O)(=O)NCCOC)ccc1Cl. The number of methoxy groups -OCH3 is 1. The number of rotatable bonds is 9. The maximum absolute atomic E-state index is 12.2. The summed E-state index contributed by atoms with van der Waals surface area (Å²) in [6.07, 6.45) is -1.04. The van der Waals surface area contributed by atoms with Crippen molar-refractivity contribution in [1.29, 1.82) is 0 Å². The highest BCUT2D eigenvalue weighted by Gasteiger charge is 2.23. The molecule has 0 radical (unpaired) electrons. The van der Waals surface area contributed by atoms with E-state index in [1.165, 1.54) is 26.2 Å². The van der Waals surface area contributed by atoms with Crippen molar-refractivity contribution in [2.75, 3.05) is 26.8 Å². The second-order valence-corrected chi connectivity index (χ2v) is 7.15. The molecule has 0 bridgehead atoms. The smallest absolute Gasteiger partial charge is 0.340 e. The number of amides is 1. The Morgan fingerprint density at radius 3 is 2.60 bits per heavy atom. The number of likely N-dealkylation sites (N-methyl/N-ethyl adjacent to an activating group) is 1.